The number of hydrogen-bond acceptors (Lipinski definition) is 1. The van der Waals surface area contributed by atoms with Crippen LogP contribution in [0.25, 0.3) is 16.3 Å². The summed E-state index contributed by atoms with van der Waals surface area (Å²) in [7, 11) is 0. The summed E-state index contributed by atoms with van der Waals surface area (Å²) >= 11 is 0. The first kappa shape index (κ1) is 17.7. The molecule has 1 heteroatoms. The molecule has 1 N–H and O–H groups in total. The Morgan fingerprint density at radius 1 is 1.00 bits per heavy atom. The highest BCUT2D eigenvalue weighted by Crippen LogP contribution is 2.44. The van der Waals surface area contributed by atoms with Gasteiger partial charge in [0.15, 0.2) is 0 Å². The van der Waals surface area contributed by atoms with Crippen molar-refractivity contribution in [2.45, 2.75) is 53.9 Å². The van der Waals surface area contributed by atoms with Gasteiger partial charge in [-0.15, -0.1) is 0 Å². The summed E-state index contributed by atoms with van der Waals surface area (Å²) in [6.45, 7) is 11.2. The first-order chi connectivity index (χ1) is 12.0. The Bertz CT molecular complexity index is 895. The highest BCUT2D eigenvalue weighted by Gasteiger charge is 2.27. The van der Waals surface area contributed by atoms with Crippen LogP contribution in [0.15, 0.2) is 53.1 Å². The van der Waals surface area contributed by atoms with Gasteiger partial charge in [-0.1, -0.05) is 62.2 Å². The van der Waals surface area contributed by atoms with Gasteiger partial charge in [-0.25, -0.2) is 0 Å². The summed E-state index contributed by atoms with van der Waals surface area (Å²) in [6.07, 6.45) is 3.05. The Morgan fingerprint density at radius 3 is 2.36 bits per heavy atom. The second kappa shape index (κ2) is 7.00. The second-order valence-corrected chi connectivity index (χ2v) is 7.36. The van der Waals surface area contributed by atoms with Crippen LogP contribution in [-0.2, 0) is 0 Å². The van der Waals surface area contributed by atoms with Gasteiger partial charge in [-0.05, 0) is 66.7 Å². The van der Waals surface area contributed by atoms with E-state index < -0.39 is 0 Å². The van der Waals surface area contributed by atoms with Gasteiger partial charge in [0.2, 0.25) is 0 Å². The fourth-order valence-electron chi connectivity index (χ4n) is 4.10. The van der Waals surface area contributed by atoms with Gasteiger partial charge in [0.05, 0.1) is 0 Å². The average Bonchev–Trinajstić information content (AvgIpc) is 2.82. The van der Waals surface area contributed by atoms with Crippen molar-refractivity contribution >= 4 is 22.1 Å². The molecule has 1 nitrogen and oxygen atoms in total. The van der Waals surface area contributed by atoms with E-state index in [2.05, 4.69) is 71.0 Å². The van der Waals surface area contributed by atoms with Gasteiger partial charge in [0.1, 0.15) is 0 Å². The van der Waals surface area contributed by atoms with Gasteiger partial charge in [-0.3, -0.25) is 0 Å². The molecule has 1 aliphatic carbocycles. The van der Waals surface area contributed by atoms with Crippen LogP contribution < -0.4 is 0 Å². The number of unbranched alkanes of at least 4 members (excludes halogenated alkanes) is 1. The van der Waals surface area contributed by atoms with Gasteiger partial charge >= 0.3 is 0 Å². The highest BCUT2D eigenvalue weighted by atomic mass is 14.4. The summed E-state index contributed by atoms with van der Waals surface area (Å²) in [6, 6.07) is 13.0. The molecule has 0 radical (unpaired) electrons. The Hall–Kier alpha value is -2.15. The Labute approximate surface area is 152 Å². The first-order valence-electron chi connectivity index (χ1n) is 9.45. The Morgan fingerprint density at radius 2 is 1.72 bits per heavy atom. The molecule has 130 valence electrons. The second-order valence-electron chi connectivity index (χ2n) is 7.36. The molecule has 0 aromatic heterocycles. The van der Waals surface area contributed by atoms with Crippen molar-refractivity contribution in [3.8, 4) is 0 Å². The zero-order valence-electron chi connectivity index (χ0n) is 16.2. The number of fused-ring (bicyclic) bond motifs is 1. The molecule has 25 heavy (non-hydrogen) atoms. The van der Waals surface area contributed by atoms with Crippen molar-refractivity contribution in [1.29, 1.82) is 5.41 Å². The van der Waals surface area contributed by atoms with Crippen LogP contribution in [0.4, 0.5) is 0 Å². The lowest BCUT2D eigenvalue weighted by molar-refractivity contribution is 0.832. The molecule has 0 fully saturated rings. The molecule has 0 heterocycles. The normalized spacial score (nSPS) is 17.7. The van der Waals surface area contributed by atoms with Crippen LogP contribution in [0.3, 0.4) is 0 Å². The van der Waals surface area contributed by atoms with Crippen LogP contribution in [0.5, 0.6) is 0 Å². The third-order valence-electron chi connectivity index (χ3n) is 5.94. The lowest BCUT2D eigenvalue weighted by Gasteiger charge is -2.20. The smallest absolute Gasteiger partial charge is 0.0398 e. The number of allylic oxidation sites excluding steroid dienone is 4. The SMILES string of the molecule is CCCCC(=N)c1c(C2=C(C)C(C)=C(C)C2C)ccc2ccccc12. The molecule has 2 aromatic carbocycles. The van der Waals surface area contributed by atoms with Gasteiger partial charge in [-0.2, -0.15) is 0 Å². The molecule has 1 atom stereocenters. The fraction of sp³-hybridized carbons (Fsp3) is 0.375. The van der Waals surface area contributed by atoms with Gasteiger partial charge in [0, 0.05) is 17.2 Å². The van der Waals surface area contributed by atoms with E-state index in [1.54, 1.807) is 0 Å². The van der Waals surface area contributed by atoms with Gasteiger partial charge < -0.3 is 5.41 Å². The number of benzene rings is 2. The van der Waals surface area contributed by atoms with E-state index >= 15 is 0 Å². The lowest BCUT2D eigenvalue weighted by atomic mass is 9.84. The third-order valence-corrected chi connectivity index (χ3v) is 5.94. The number of nitrogens with one attached hydrogen (secondary N) is 1. The van der Waals surface area contributed by atoms with Crippen LogP contribution in [-0.4, -0.2) is 5.71 Å². The molecule has 0 spiro atoms. The van der Waals surface area contributed by atoms with Crippen LogP contribution in [0, 0.1) is 11.3 Å². The van der Waals surface area contributed by atoms with E-state index in [1.165, 1.54) is 38.6 Å². The van der Waals surface area contributed by atoms with E-state index in [4.69, 9.17) is 5.41 Å². The summed E-state index contributed by atoms with van der Waals surface area (Å²) in [5.74, 6) is 0.430. The maximum atomic E-state index is 8.82. The van der Waals surface area contributed by atoms with Gasteiger partial charge in [0.25, 0.3) is 0 Å². The predicted molar refractivity (Wildman–Crippen MR) is 110 cm³/mol. The zero-order chi connectivity index (χ0) is 18.1. The molecule has 0 amide bonds. The Kier molecular flexibility index (Phi) is 4.94. The molecule has 1 aliphatic rings. The minimum Gasteiger partial charge on any atom is -0.305 e. The van der Waals surface area contributed by atoms with Crippen molar-refractivity contribution < 1.29 is 0 Å². The quantitative estimate of drug-likeness (QED) is 0.562. The van der Waals surface area contributed by atoms with E-state index in [0.717, 1.165) is 30.5 Å². The number of hydrogen-bond donors (Lipinski definition) is 1. The molecule has 2 aromatic rings. The number of rotatable bonds is 5. The molecule has 0 bridgehead atoms. The monoisotopic (exact) mass is 331 g/mol. The first-order valence-corrected chi connectivity index (χ1v) is 9.45. The average molecular weight is 332 g/mol. The molecular formula is C24H29N. The van der Waals surface area contributed by atoms with E-state index in [1.807, 2.05) is 0 Å². The highest BCUT2D eigenvalue weighted by molar-refractivity contribution is 6.13. The fourth-order valence-corrected chi connectivity index (χ4v) is 4.10. The topological polar surface area (TPSA) is 23.9 Å². The maximum Gasteiger partial charge on any atom is 0.0398 e. The molecule has 0 saturated carbocycles. The third kappa shape index (κ3) is 2.97. The molecular weight excluding hydrogens is 302 g/mol. The van der Waals surface area contributed by atoms with Crippen molar-refractivity contribution in [1.82, 2.24) is 0 Å². The van der Waals surface area contributed by atoms with Crippen molar-refractivity contribution in [2.75, 3.05) is 0 Å². The molecule has 0 saturated heterocycles. The lowest BCUT2D eigenvalue weighted by Crippen LogP contribution is -2.08. The predicted octanol–water partition coefficient (Wildman–Crippen LogP) is 7.16. The van der Waals surface area contributed by atoms with Crippen LogP contribution >= 0.6 is 0 Å². The summed E-state index contributed by atoms with van der Waals surface area (Å²) in [5.41, 5.74) is 8.88. The summed E-state index contributed by atoms with van der Waals surface area (Å²) in [5, 5.41) is 11.3. The minimum absolute atomic E-state index is 0.430. The van der Waals surface area contributed by atoms with Crippen LogP contribution in [0.1, 0.15) is 65.0 Å². The largest absolute Gasteiger partial charge is 0.305 e. The Balaban J connectivity index is 2.24. The summed E-state index contributed by atoms with van der Waals surface area (Å²) < 4.78 is 0. The minimum atomic E-state index is 0.430. The molecule has 0 aliphatic heterocycles. The molecule has 1 unspecified atom stereocenters. The maximum absolute atomic E-state index is 8.82. The standard InChI is InChI=1S/C24H29N/c1-6-7-12-22(25)24-20-11-9-8-10-19(20)13-14-21(24)23-17(4)15(2)16(3)18(23)5/h8-11,13-14,17,25H,6-7,12H2,1-5H3. The van der Waals surface area contributed by atoms with E-state index in [0.29, 0.717) is 5.92 Å². The van der Waals surface area contributed by atoms with Crippen molar-refractivity contribution in [2.24, 2.45) is 5.92 Å². The van der Waals surface area contributed by atoms with Crippen LogP contribution in [0.2, 0.25) is 0 Å². The van der Waals surface area contributed by atoms with Crippen molar-refractivity contribution in [3.63, 3.8) is 0 Å². The van der Waals surface area contributed by atoms with E-state index in [9.17, 15) is 0 Å². The zero-order valence-corrected chi connectivity index (χ0v) is 16.2. The van der Waals surface area contributed by atoms with Crippen molar-refractivity contribution in [3.05, 3.63) is 64.2 Å². The summed E-state index contributed by atoms with van der Waals surface area (Å²) in [4.78, 5) is 0. The molecule has 3 rings (SSSR count). The van der Waals surface area contributed by atoms with E-state index in [-0.39, 0.29) is 0 Å².